The highest BCUT2D eigenvalue weighted by molar-refractivity contribution is 5.93. The number of carbonyl (C=O) groups excluding carboxylic acids is 1. The third-order valence-electron chi connectivity index (χ3n) is 4.40. The predicted octanol–water partition coefficient (Wildman–Crippen LogP) is 2.15. The monoisotopic (exact) mass is 293 g/mol. The van der Waals surface area contributed by atoms with Crippen LogP contribution in [0.5, 0.6) is 0 Å². The summed E-state index contributed by atoms with van der Waals surface area (Å²) < 4.78 is 1.87. The summed E-state index contributed by atoms with van der Waals surface area (Å²) in [6.07, 6.45) is 6.28. The van der Waals surface area contributed by atoms with Gasteiger partial charge in [-0.15, -0.1) is 0 Å². The maximum Gasteiger partial charge on any atom is 0.268 e. The standard InChI is InChI=1S/C16H27N3O2/c1-3-8-19-10-13(17)9-14(19)15(20)18-11-16(21)6-4-12(2)5-7-16/h9-10,12,21H,3-8,11,17H2,1-2H3,(H,18,20). The first kappa shape index (κ1) is 15.9. The van der Waals surface area contributed by atoms with E-state index >= 15 is 0 Å². The second-order valence-electron chi connectivity index (χ2n) is 6.44. The minimum absolute atomic E-state index is 0.160. The van der Waals surface area contributed by atoms with Crippen molar-refractivity contribution in [1.29, 1.82) is 0 Å². The Hall–Kier alpha value is -1.49. The minimum Gasteiger partial charge on any atom is -0.397 e. The van der Waals surface area contributed by atoms with Crippen LogP contribution in [-0.4, -0.2) is 27.7 Å². The van der Waals surface area contributed by atoms with Gasteiger partial charge in [0.25, 0.3) is 5.91 Å². The van der Waals surface area contributed by atoms with E-state index in [9.17, 15) is 9.90 Å². The number of nitrogens with zero attached hydrogens (tertiary/aromatic N) is 1. The summed E-state index contributed by atoms with van der Waals surface area (Å²) in [4.78, 5) is 12.3. The highest BCUT2D eigenvalue weighted by Gasteiger charge is 2.32. The number of aliphatic hydroxyl groups is 1. The van der Waals surface area contributed by atoms with Crippen LogP contribution in [-0.2, 0) is 6.54 Å². The Kier molecular flexibility index (Phi) is 4.93. The molecule has 1 saturated carbocycles. The first-order chi connectivity index (χ1) is 9.93. The molecule has 1 amide bonds. The molecule has 118 valence electrons. The molecule has 0 aromatic carbocycles. The molecule has 1 aromatic heterocycles. The Labute approximate surface area is 126 Å². The number of hydrogen-bond donors (Lipinski definition) is 3. The fourth-order valence-electron chi connectivity index (χ4n) is 2.96. The first-order valence-corrected chi connectivity index (χ1v) is 7.90. The van der Waals surface area contributed by atoms with Crippen LogP contribution < -0.4 is 11.1 Å². The van der Waals surface area contributed by atoms with Gasteiger partial charge in [-0.05, 0) is 44.1 Å². The lowest BCUT2D eigenvalue weighted by Gasteiger charge is -2.34. The molecule has 0 atom stereocenters. The van der Waals surface area contributed by atoms with Crippen molar-refractivity contribution in [2.75, 3.05) is 12.3 Å². The maximum absolute atomic E-state index is 12.3. The van der Waals surface area contributed by atoms with Gasteiger partial charge in [-0.1, -0.05) is 13.8 Å². The number of nitrogens with one attached hydrogen (secondary N) is 1. The Balaban J connectivity index is 1.95. The summed E-state index contributed by atoms with van der Waals surface area (Å²) in [6.45, 7) is 5.35. The maximum atomic E-state index is 12.3. The van der Waals surface area contributed by atoms with E-state index in [2.05, 4.69) is 19.2 Å². The third kappa shape index (κ3) is 4.00. The number of rotatable bonds is 5. The average molecular weight is 293 g/mol. The molecule has 0 bridgehead atoms. The number of amides is 1. The fourth-order valence-corrected chi connectivity index (χ4v) is 2.96. The van der Waals surface area contributed by atoms with Crippen molar-refractivity contribution < 1.29 is 9.90 Å². The van der Waals surface area contributed by atoms with Crippen LogP contribution in [0.15, 0.2) is 12.3 Å². The summed E-state index contributed by atoms with van der Waals surface area (Å²) in [5.41, 5.74) is 6.19. The van der Waals surface area contributed by atoms with E-state index in [0.29, 0.717) is 23.8 Å². The van der Waals surface area contributed by atoms with Gasteiger partial charge in [0.15, 0.2) is 0 Å². The van der Waals surface area contributed by atoms with E-state index < -0.39 is 5.60 Å². The molecule has 0 saturated heterocycles. The van der Waals surface area contributed by atoms with Crippen LogP contribution in [0.2, 0.25) is 0 Å². The van der Waals surface area contributed by atoms with E-state index in [1.165, 1.54) is 0 Å². The van der Waals surface area contributed by atoms with Crippen molar-refractivity contribution in [2.24, 2.45) is 5.92 Å². The van der Waals surface area contributed by atoms with Gasteiger partial charge in [-0.25, -0.2) is 0 Å². The Morgan fingerprint density at radius 1 is 1.52 bits per heavy atom. The van der Waals surface area contributed by atoms with Crippen molar-refractivity contribution in [2.45, 2.75) is 58.1 Å². The van der Waals surface area contributed by atoms with E-state index in [1.807, 2.05) is 4.57 Å². The zero-order valence-electron chi connectivity index (χ0n) is 13.1. The molecule has 5 heteroatoms. The summed E-state index contributed by atoms with van der Waals surface area (Å²) >= 11 is 0. The lowest BCUT2D eigenvalue weighted by Crippen LogP contribution is -2.45. The Morgan fingerprint density at radius 3 is 2.81 bits per heavy atom. The largest absolute Gasteiger partial charge is 0.397 e. The molecule has 1 fully saturated rings. The van der Waals surface area contributed by atoms with Crippen LogP contribution in [0.25, 0.3) is 0 Å². The smallest absolute Gasteiger partial charge is 0.268 e. The van der Waals surface area contributed by atoms with Crippen LogP contribution in [0.3, 0.4) is 0 Å². The van der Waals surface area contributed by atoms with Gasteiger partial charge in [0, 0.05) is 19.3 Å². The van der Waals surface area contributed by atoms with Crippen LogP contribution in [0, 0.1) is 5.92 Å². The summed E-state index contributed by atoms with van der Waals surface area (Å²) in [7, 11) is 0. The lowest BCUT2D eigenvalue weighted by molar-refractivity contribution is -0.00546. The van der Waals surface area contributed by atoms with Crippen molar-refractivity contribution in [3.05, 3.63) is 18.0 Å². The summed E-state index contributed by atoms with van der Waals surface area (Å²) in [5, 5.41) is 13.4. The SMILES string of the molecule is CCCn1cc(N)cc1C(=O)NCC1(O)CCC(C)CC1. The van der Waals surface area contributed by atoms with Crippen molar-refractivity contribution >= 4 is 11.6 Å². The van der Waals surface area contributed by atoms with Gasteiger partial charge in [0.1, 0.15) is 5.69 Å². The highest BCUT2D eigenvalue weighted by Crippen LogP contribution is 2.31. The molecule has 0 radical (unpaired) electrons. The number of anilines is 1. The number of aromatic nitrogens is 1. The first-order valence-electron chi connectivity index (χ1n) is 7.90. The quantitative estimate of drug-likeness (QED) is 0.778. The van der Waals surface area contributed by atoms with Crippen LogP contribution >= 0.6 is 0 Å². The molecule has 4 N–H and O–H groups in total. The van der Waals surface area contributed by atoms with Crippen LogP contribution in [0.1, 0.15) is 56.4 Å². The second-order valence-corrected chi connectivity index (χ2v) is 6.44. The Morgan fingerprint density at radius 2 is 2.19 bits per heavy atom. The van der Waals surface area contributed by atoms with Gasteiger partial charge in [0.2, 0.25) is 0 Å². The van der Waals surface area contributed by atoms with Gasteiger partial charge >= 0.3 is 0 Å². The van der Waals surface area contributed by atoms with Crippen molar-refractivity contribution in [3.63, 3.8) is 0 Å². The number of nitrogen functional groups attached to an aromatic ring is 1. The molecule has 5 nitrogen and oxygen atoms in total. The van der Waals surface area contributed by atoms with E-state index in [-0.39, 0.29) is 5.91 Å². The molecule has 1 aliphatic rings. The number of aryl methyl sites for hydroxylation is 1. The van der Waals surface area contributed by atoms with Gasteiger partial charge in [-0.3, -0.25) is 4.79 Å². The normalized spacial score (nSPS) is 25.8. The second kappa shape index (κ2) is 6.52. The topological polar surface area (TPSA) is 80.3 Å². The van der Waals surface area contributed by atoms with E-state index in [4.69, 9.17) is 5.73 Å². The summed E-state index contributed by atoms with van der Waals surface area (Å²) in [5.74, 6) is 0.509. The fraction of sp³-hybridized carbons (Fsp3) is 0.688. The number of carbonyl (C=O) groups is 1. The van der Waals surface area contributed by atoms with Crippen molar-refractivity contribution in [1.82, 2.24) is 9.88 Å². The minimum atomic E-state index is -0.754. The van der Waals surface area contributed by atoms with Gasteiger partial charge in [-0.2, -0.15) is 0 Å². The zero-order chi connectivity index (χ0) is 15.5. The predicted molar refractivity (Wildman–Crippen MR) is 84.1 cm³/mol. The summed E-state index contributed by atoms with van der Waals surface area (Å²) in [6, 6.07) is 1.69. The van der Waals surface area contributed by atoms with Crippen molar-refractivity contribution in [3.8, 4) is 0 Å². The van der Waals surface area contributed by atoms with E-state index in [1.54, 1.807) is 12.3 Å². The number of hydrogen-bond acceptors (Lipinski definition) is 3. The molecule has 1 heterocycles. The van der Waals surface area contributed by atoms with Gasteiger partial charge in [0.05, 0.1) is 11.3 Å². The molecule has 0 spiro atoms. The number of nitrogens with two attached hydrogens (primary N) is 1. The molecule has 0 aliphatic heterocycles. The third-order valence-corrected chi connectivity index (χ3v) is 4.40. The van der Waals surface area contributed by atoms with E-state index in [0.717, 1.165) is 38.6 Å². The molecule has 0 unspecified atom stereocenters. The Bertz CT molecular complexity index is 488. The zero-order valence-corrected chi connectivity index (χ0v) is 13.1. The average Bonchev–Trinajstić information content (AvgIpc) is 2.81. The lowest BCUT2D eigenvalue weighted by atomic mass is 9.79. The molecular formula is C16H27N3O2. The molecule has 1 aromatic rings. The van der Waals surface area contributed by atoms with Crippen LogP contribution in [0.4, 0.5) is 5.69 Å². The molecule has 2 rings (SSSR count). The molecular weight excluding hydrogens is 266 g/mol. The highest BCUT2D eigenvalue weighted by atomic mass is 16.3. The van der Waals surface area contributed by atoms with Gasteiger partial charge < -0.3 is 20.7 Å². The molecule has 1 aliphatic carbocycles. The molecule has 21 heavy (non-hydrogen) atoms.